The summed E-state index contributed by atoms with van der Waals surface area (Å²) in [6.45, 7) is 1.17. The molecule has 0 spiro atoms. The number of hydrogen-bond donors (Lipinski definition) is 0. The van der Waals surface area contributed by atoms with Gasteiger partial charge in [0.05, 0.1) is 0 Å². The van der Waals surface area contributed by atoms with Crippen molar-refractivity contribution in [3.63, 3.8) is 0 Å². The van der Waals surface area contributed by atoms with Crippen molar-refractivity contribution in [1.29, 1.82) is 0 Å². The van der Waals surface area contributed by atoms with Crippen LogP contribution in [0.1, 0.15) is 6.92 Å². The molecule has 0 saturated heterocycles. The summed E-state index contributed by atoms with van der Waals surface area (Å²) in [5, 5.41) is 2.64. The maximum absolute atomic E-state index is 11.3. The highest BCUT2D eigenvalue weighted by Crippen LogP contribution is 1.86. The fraction of sp³-hybridized carbons (Fsp3) is 1.00. The van der Waals surface area contributed by atoms with Gasteiger partial charge in [-0.25, -0.2) is 4.39 Å². The van der Waals surface area contributed by atoms with E-state index in [-0.39, 0.29) is 0 Å². The van der Waals surface area contributed by atoms with Crippen LogP contribution in [0.5, 0.6) is 0 Å². The molecule has 0 radical (unpaired) electrons. The van der Waals surface area contributed by atoms with Crippen LogP contribution in [-0.4, -0.2) is 6.30 Å². The van der Waals surface area contributed by atoms with Gasteiger partial charge in [0.15, 0.2) is 6.30 Å². The number of hydrogen-bond acceptors (Lipinski definition) is 1. The van der Waals surface area contributed by atoms with Crippen LogP contribution in [-0.2, 0) is 0 Å². The molecule has 0 aromatic rings. The van der Waals surface area contributed by atoms with Crippen molar-refractivity contribution >= 4 is 0 Å². The summed E-state index contributed by atoms with van der Waals surface area (Å²) in [6, 6.07) is 0. The number of alkyl halides is 1. The van der Waals surface area contributed by atoms with E-state index in [0.717, 1.165) is 0 Å². The normalized spacial score (nSPS) is 12.3. The van der Waals surface area contributed by atoms with E-state index < -0.39 is 6.30 Å². The maximum Gasteiger partial charge on any atom is 0.176 e. The first-order valence-corrected chi connectivity index (χ1v) is 1.45. The van der Waals surface area contributed by atoms with Crippen LogP contribution in [0.15, 0.2) is 5.11 Å². The van der Waals surface area contributed by atoms with Crippen molar-refractivity contribution in [3.05, 3.63) is 10.4 Å². The molecule has 3 nitrogen and oxygen atoms in total. The number of azide groups is 1. The topological polar surface area (TPSA) is 48.8 Å². The molecule has 0 saturated carbocycles. The standard InChI is InChI=1S/C2H4FN3/c1-2(3)5-6-4/h2H,1H3. The number of rotatable bonds is 1. The molecular weight excluding hydrogens is 85.0 g/mol. The Morgan fingerprint density at radius 2 is 2.50 bits per heavy atom. The predicted molar refractivity (Wildman–Crippen MR) is 19.7 cm³/mol. The van der Waals surface area contributed by atoms with E-state index >= 15 is 0 Å². The molecule has 1 unspecified atom stereocenters. The molecule has 0 heterocycles. The van der Waals surface area contributed by atoms with E-state index in [1.54, 1.807) is 0 Å². The molecule has 0 rings (SSSR count). The van der Waals surface area contributed by atoms with Crippen LogP contribution in [0.25, 0.3) is 10.4 Å². The molecule has 4 heteroatoms. The Labute approximate surface area is 34.4 Å². The summed E-state index contributed by atoms with van der Waals surface area (Å²) in [5.74, 6) is 0. The molecule has 0 fully saturated rings. The second kappa shape index (κ2) is 2.48. The van der Waals surface area contributed by atoms with Crippen LogP contribution in [0.3, 0.4) is 0 Å². The predicted octanol–water partition coefficient (Wildman–Crippen LogP) is 1.61. The molecule has 0 N–H and O–H groups in total. The van der Waals surface area contributed by atoms with Crippen molar-refractivity contribution < 1.29 is 4.39 Å². The molecule has 0 aliphatic carbocycles. The highest BCUT2D eigenvalue weighted by atomic mass is 19.1. The summed E-state index contributed by atoms with van der Waals surface area (Å²) in [7, 11) is 0. The average molecular weight is 89.1 g/mol. The zero-order valence-electron chi connectivity index (χ0n) is 3.30. The zero-order chi connectivity index (χ0) is 4.99. The van der Waals surface area contributed by atoms with Gasteiger partial charge >= 0.3 is 0 Å². The first-order chi connectivity index (χ1) is 2.77. The molecule has 0 aromatic heterocycles. The summed E-state index contributed by atoms with van der Waals surface area (Å²) in [5.41, 5.74) is 7.46. The zero-order valence-corrected chi connectivity index (χ0v) is 3.30. The highest BCUT2D eigenvalue weighted by molar-refractivity contribution is 4.42. The molecule has 0 bridgehead atoms. The smallest absolute Gasteiger partial charge is 0.176 e. The fourth-order valence-electron chi connectivity index (χ4n) is 0.0712. The third-order valence-electron chi connectivity index (χ3n) is 0.211. The average Bonchev–Trinajstić information content (AvgIpc) is 1.35. The van der Waals surface area contributed by atoms with Gasteiger partial charge in [0, 0.05) is 4.91 Å². The summed E-state index contributed by atoms with van der Waals surface area (Å²) >= 11 is 0. The molecule has 0 aromatic carbocycles. The lowest BCUT2D eigenvalue weighted by Gasteiger charge is -1.77. The van der Waals surface area contributed by atoms with Gasteiger partial charge in [0.25, 0.3) is 0 Å². The number of halogens is 1. The highest BCUT2D eigenvalue weighted by Gasteiger charge is 1.83. The monoisotopic (exact) mass is 89.0 g/mol. The second-order valence-corrected chi connectivity index (χ2v) is 0.779. The Hall–Kier alpha value is -0.760. The summed E-state index contributed by atoms with van der Waals surface area (Å²) in [4.78, 5) is 2.19. The minimum atomic E-state index is -1.39. The summed E-state index contributed by atoms with van der Waals surface area (Å²) < 4.78 is 11.3. The molecular formula is C2H4FN3. The van der Waals surface area contributed by atoms with Gasteiger partial charge in [-0.15, -0.1) is 0 Å². The van der Waals surface area contributed by atoms with Crippen molar-refractivity contribution in [2.24, 2.45) is 5.11 Å². The van der Waals surface area contributed by atoms with E-state index in [1.807, 2.05) is 0 Å². The van der Waals surface area contributed by atoms with Gasteiger partial charge in [0.1, 0.15) is 0 Å². The minimum Gasteiger partial charge on any atom is -0.242 e. The Morgan fingerprint density at radius 3 is 2.50 bits per heavy atom. The van der Waals surface area contributed by atoms with E-state index in [9.17, 15) is 4.39 Å². The lowest BCUT2D eigenvalue weighted by Crippen LogP contribution is -1.77. The van der Waals surface area contributed by atoms with Gasteiger partial charge in [-0.05, 0) is 12.5 Å². The van der Waals surface area contributed by atoms with E-state index in [0.29, 0.717) is 0 Å². The van der Waals surface area contributed by atoms with Crippen LogP contribution in [0, 0.1) is 0 Å². The molecule has 0 aliphatic rings. The Bertz CT molecular complexity index is 72.9. The first kappa shape index (κ1) is 5.24. The van der Waals surface area contributed by atoms with Crippen LogP contribution >= 0.6 is 0 Å². The minimum absolute atomic E-state index is 1.17. The number of nitrogens with zero attached hydrogens (tertiary/aromatic N) is 3. The van der Waals surface area contributed by atoms with Crippen molar-refractivity contribution in [3.8, 4) is 0 Å². The van der Waals surface area contributed by atoms with Gasteiger partial charge in [-0.1, -0.05) is 5.11 Å². The second-order valence-electron chi connectivity index (χ2n) is 0.779. The molecule has 0 amide bonds. The molecule has 0 aliphatic heterocycles. The van der Waals surface area contributed by atoms with E-state index in [1.165, 1.54) is 6.92 Å². The SMILES string of the molecule is CC(F)N=[N+]=[N-]. The molecule has 1 atom stereocenters. The van der Waals surface area contributed by atoms with Crippen molar-refractivity contribution in [1.82, 2.24) is 0 Å². The van der Waals surface area contributed by atoms with E-state index in [4.69, 9.17) is 5.53 Å². The van der Waals surface area contributed by atoms with Crippen LogP contribution < -0.4 is 0 Å². The lowest BCUT2D eigenvalue weighted by molar-refractivity contribution is 0.373. The van der Waals surface area contributed by atoms with Crippen LogP contribution in [0.4, 0.5) is 4.39 Å². The maximum atomic E-state index is 11.3. The third-order valence-corrected chi connectivity index (χ3v) is 0.211. The third kappa shape index (κ3) is 3.24. The quantitative estimate of drug-likeness (QED) is 0.203. The first-order valence-electron chi connectivity index (χ1n) is 1.45. The van der Waals surface area contributed by atoms with Gasteiger partial charge in [0.2, 0.25) is 0 Å². The van der Waals surface area contributed by atoms with Gasteiger partial charge in [-0.3, -0.25) is 0 Å². The Balaban J connectivity index is 3.29. The fourth-order valence-corrected chi connectivity index (χ4v) is 0.0712. The Kier molecular flexibility index (Phi) is 2.16. The van der Waals surface area contributed by atoms with Gasteiger partial charge < -0.3 is 0 Å². The van der Waals surface area contributed by atoms with Crippen LogP contribution in [0.2, 0.25) is 0 Å². The van der Waals surface area contributed by atoms with Gasteiger partial charge in [-0.2, -0.15) is 0 Å². The van der Waals surface area contributed by atoms with Crippen molar-refractivity contribution in [2.75, 3.05) is 0 Å². The summed E-state index contributed by atoms with van der Waals surface area (Å²) in [6.07, 6.45) is -1.39. The largest absolute Gasteiger partial charge is 0.242 e. The van der Waals surface area contributed by atoms with Crippen molar-refractivity contribution in [2.45, 2.75) is 13.2 Å². The molecule has 6 heavy (non-hydrogen) atoms. The molecule has 34 valence electrons. The Morgan fingerprint density at radius 1 is 2.00 bits per heavy atom. The van der Waals surface area contributed by atoms with E-state index in [2.05, 4.69) is 10.0 Å². The lowest BCUT2D eigenvalue weighted by atomic mass is 10.8.